The van der Waals surface area contributed by atoms with Crippen molar-refractivity contribution in [1.82, 2.24) is 0 Å². The van der Waals surface area contributed by atoms with E-state index in [0.29, 0.717) is 17.1 Å². The molecule has 6 heteroatoms. The lowest BCUT2D eigenvalue weighted by atomic mass is 9.79. The average Bonchev–Trinajstić information content (AvgIpc) is 2.98. The number of nitrogens with one attached hydrogen (secondary N) is 3. The Kier molecular flexibility index (Phi) is 14.5. The first-order valence-electron chi connectivity index (χ1n) is 17.5. The summed E-state index contributed by atoms with van der Waals surface area (Å²) in [5.41, 5.74) is 1.92. The summed E-state index contributed by atoms with van der Waals surface area (Å²) < 4.78 is 0. The number of carbonyl (C=O) groups is 3. The molecule has 1 aromatic carbocycles. The summed E-state index contributed by atoms with van der Waals surface area (Å²) in [5.74, 6) is 2.44. The Bertz CT molecular complexity index is 875. The van der Waals surface area contributed by atoms with Gasteiger partial charge in [-0.15, -0.1) is 0 Å². The predicted molar refractivity (Wildman–Crippen MR) is 180 cm³/mol. The van der Waals surface area contributed by atoms with Gasteiger partial charge in [0.1, 0.15) is 0 Å². The first kappa shape index (κ1) is 35.1. The van der Waals surface area contributed by atoms with Crippen molar-refractivity contribution in [3.8, 4) is 0 Å². The van der Waals surface area contributed by atoms with Crippen molar-refractivity contribution in [3.05, 3.63) is 18.2 Å². The second-order valence-electron chi connectivity index (χ2n) is 13.8. The van der Waals surface area contributed by atoms with Crippen LogP contribution in [0.25, 0.3) is 0 Å². The minimum atomic E-state index is 0. The van der Waals surface area contributed by atoms with Gasteiger partial charge in [-0.3, -0.25) is 14.4 Å². The van der Waals surface area contributed by atoms with Gasteiger partial charge in [-0.05, 0) is 113 Å². The van der Waals surface area contributed by atoms with Crippen molar-refractivity contribution >= 4 is 34.8 Å². The van der Waals surface area contributed by atoms with Crippen molar-refractivity contribution in [2.24, 2.45) is 35.5 Å². The van der Waals surface area contributed by atoms with E-state index < -0.39 is 0 Å². The van der Waals surface area contributed by atoms with Crippen LogP contribution in [0, 0.1) is 35.5 Å². The van der Waals surface area contributed by atoms with Crippen LogP contribution in [0.2, 0.25) is 0 Å². The van der Waals surface area contributed by atoms with Crippen LogP contribution >= 0.6 is 0 Å². The average molecular weight is 596 g/mol. The molecule has 4 rings (SSSR count). The lowest BCUT2D eigenvalue weighted by Crippen LogP contribution is -2.29. The van der Waals surface area contributed by atoms with Crippen LogP contribution in [-0.4, -0.2) is 17.7 Å². The zero-order valence-electron chi connectivity index (χ0n) is 26.6. The molecule has 3 saturated carbocycles. The summed E-state index contributed by atoms with van der Waals surface area (Å²) in [6.45, 7) is 6.70. The van der Waals surface area contributed by atoms with Crippen molar-refractivity contribution in [2.45, 2.75) is 144 Å². The Labute approximate surface area is 262 Å². The van der Waals surface area contributed by atoms with E-state index in [-0.39, 0.29) is 42.9 Å². The third-order valence-corrected chi connectivity index (χ3v) is 10.5. The Morgan fingerprint density at radius 1 is 0.488 bits per heavy atom. The molecule has 3 N–H and O–H groups in total. The van der Waals surface area contributed by atoms with Crippen molar-refractivity contribution in [2.75, 3.05) is 16.0 Å². The molecule has 3 aliphatic rings. The zero-order valence-corrected chi connectivity index (χ0v) is 26.6. The second kappa shape index (κ2) is 17.8. The number of hydrogen-bond donors (Lipinski definition) is 3. The van der Waals surface area contributed by atoms with Crippen molar-refractivity contribution in [1.29, 1.82) is 0 Å². The van der Waals surface area contributed by atoms with Gasteiger partial charge in [0.25, 0.3) is 0 Å². The highest BCUT2D eigenvalue weighted by Gasteiger charge is 2.29. The van der Waals surface area contributed by atoms with Crippen molar-refractivity contribution < 1.29 is 14.4 Å². The van der Waals surface area contributed by atoms with Crippen LogP contribution < -0.4 is 16.0 Å². The fraction of sp³-hybridized carbons (Fsp3) is 0.757. The van der Waals surface area contributed by atoms with Gasteiger partial charge >= 0.3 is 0 Å². The third kappa shape index (κ3) is 10.6. The zero-order chi connectivity index (χ0) is 29.9. The van der Waals surface area contributed by atoms with Gasteiger partial charge in [0, 0.05) is 34.8 Å². The molecule has 0 aromatic heterocycles. The maximum Gasteiger partial charge on any atom is 0.227 e. The SMILES string of the molecule is C.CCCC1CCC(C(=O)Nc2cc(NC(=O)C3CCC(CCC)CC3)cc(NC(=O)C3CCC(CCC)CC3)c2)CC1. The number of amides is 3. The van der Waals surface area contributed by atoms with E-state index >= 15 is 0 Å². The molecule has 0 radical (unpaired) electrons. The maximum atomic E-state index is 13.3. The minimum absolute atomic E-state index is 0. The van der Waals surface area contributed by atoms with Gasteiger partial charge in [0.2, 0.25) is 17.7 Å². The highest BCUT2D eigenvalue weighted by atomic mass is 16.2. The van der Waals surface area contributed by atoms with Crippen LogP contribution in [0.4, 0.5) is 17.1 Å². The van der Waals surface area contributed by atoms with Gasteiger partial charge in [0.15, 0.2) is 0 Å². The van der Waals surface area contributed by atoms with E-state index in [0.717, 1.165) is 94.8 Å². The minimum Gasteiger partial charge on any atom is -0.326 e. The van der Waals surface area contributed by atoms with E-state index in [2.05, 4.69) is 36.7 Å². The van der Waals surface area contributed by atoms with E-state index in [4.69, 9.17) is 0 Å². The third-order valence-electron chi connectivity index (χ3n) is 10.5. The molecule has 0 heterocycles. The molecular formula is C37H61N3O3. The molecule has 0 spiro atoms. The largest absolute Gasteiger partial charge is 0.326 e. The number of hydrogen-bond acceptors (Lipinski definition) is 3. The molecule has 43 heavy (non-hydrogen) atoms. The summed E-state index contributed by atoms with van der Waals surface area (Å²) in [6, 6.07) is 5.56. The van der Waals surface area contributed by atoms with Crippen LogP contribution in [0.3, 0.4) is 0 Å². The Balaban J connectivity index is 0.00000506. The van der Waals surface area contributed by atoms with Gasteiger partial charge in [-0.2, -0.15) is 0 Å². The normalized spacial score (nSPS) is 27.4. The second-order valence-corrected chi connectivity index (χ2v) is 13.8. The first-order chi connectivity index (χ1) is 20.4. The fourth-order valence-corrected chi connectivity index (χ4v) is 7.94. The summed E-state index contributed by atoms with van der Waals surface area (Å²) in [7, 11) is 0. The fourth-order valence-electron chi connectivity index (χ4n) is 7.94. The van der Waals surface area contributed by atoms with Crippen LogP contribution in [0.15, 0.2) is 18.2 Å². The summed E-state index contributed by atoms with van der Waals surface area (Å²) in [4.78, 5) is 39.8. The van der Waals surface area contributed by atoms with Crippen molar-refractivity contribution in [3.63, 3.8) is 0 Å². The van der Waals surface area contributed by atoms with Crippen LogP contribution in [0.5, 0.6) is 0 Å². The van der Waals surface area contributed by atoms with Crippen LogP contribution in [0.1, 0.15) is 144 Å². The molecule has 6 nitrogen and oxygen atoms in total. The standard InChI is InChI=1S/C36H57N3O3.CH4/c1-4-7-25-10-16-28(17-11-25)34(40)37-31-22-32(38-35(41)29-18-12-26(8-5-2)13-19-29)24-33(23-31)39-36(42)30-20-14-27(9-6-3)15-21-30;/h22-30H,4-21H2,1-3H3,(H,37,40)(H,38,41)(H,39,42);1H4. The van der Waals surface area contributed by atoms with E-state index in [1.165, 1.54) is 38.5 Å². The molecule has 0 unspecified atom stereocenters. The molecule has 3 fully saturated rings. The molecule has 0 aliphatic heterocycles. The highest BCUT2D eigenvalue weighted by molar-refractivity contribution is 5.99. The van der Waals surface area contributed by atoms with Gasteiger partial charge < -0.3 is 16.0 Å². The Morgan fingerprint density at radius 2 is 0.721 bits per heavy atom. The van der Waals surface area contributed by atoms with E-state index in [1.807, 2.05) is 18.2 Å². The Hall–Kier alpha value is -2.37. The topological polar surface area (TPSA) is 87.3 Å². The smallest absolute Gasteiger partial charge is 0.227 e. The van der Waals surface area contributed by atoms with E-state index in [9.17, 15) is 14.4 Å². The molecule has 0 bridgehead atoms. The Morgan fingerprint density at radius 3 is 0.930 bits per heavy atom. The molecule has 242 valence electrons. The maximum absolute atomic E-state index is 13.3. The molecule has 3 aliphatic carbocycles. The molecular weight excluding hydrogens is 534 g/mol. The number of benzene rings is 1. The lowest BCUT2D eigenvalue weighted by Gasteiger charge is -2.28. The monoisotopic (exact) mass is 595 g/mol. The molecule has 3 amide bonds. The lowest BCUT2D eigenvalue weighted by molar-refractivity contribution is -0.121. The van der Waals surface area contributed by atoms with Gasteiger partial charge in [-0.1, -0.05) is 66.7 Å². The van der Waals surface area contributed by atoms with Gasteiger partial charge in [-0.25, -0.2) is 0 Å². The summed E-state index contributed by atoms with van der Waals surface area (Å²) >= 11 is 0. The first-order valence-corrected chi connectivity index (χ1v) is 17.5. The molecule has 1 aromatic rings. The number of anilines is 3. The summed E-state index contributed by atoms with van der Waals surface area (Å²) in [6.07, 6.45) is 19.6. The van der Waals surface area contributed by atoms with Crippen LogP contribution in [-0.2, 0) is 14.4 Å². The summed E-state index contributed by atoms with van der Waals surface area (Å²) in [5, 5.41) is 9.43. The number of rotatable bonds is 12. The number of carbonyl (C=O) groups excluding carboxylic acids is 3. The predicted octanol–water partition coefficient (Wildman–Crippen LogP) is 9.96. The molecule has 0 atom stereocenters. The quantitative estimate of drug-likeness (QED) is 0.225. The van der Waals surface area contributed by atoms with E-state index in [1.54, 1.807) is 0 Å². The highest BCUT2D eigenvalue weighted by Crippen LogP contribution is 2.36. The van der Waals surface area contributed by atoms with Gasteiger partial charge in [0.05, 0.1) is 0 Å². The molecule has 0 saturated heterocycles.